The van der Waals surface area contributed by atoms with Gasteiger partial charge in [-0.3, -0.25) is 0 Å². The second-order valence-corrected chi connectivity index (χ2v) is 9.07. The summed E-state index contributed by atoms with van der Waals surface area (Å²) in [6, 6.07) is 0. The van der Waals surface area contributed by atoms with Crippen molar-refractivity contribution in [3.63, 3.8) is 0 Å². The zero-order valence-corrected chi connectivity index (χ0v) is 14.7. The molecule has 0 saturated carbocycles. The molecule has 0 radical (unpaired) electrons. The Hall–Kier alpha value is 0.412. The molecule has 18 heavy (non-hydrogen) atoms. The lowest BCUT2D eigenvalue weighted by Crippen LogP contribution is -2.45. The van der Waals surface area contributed by atoms with E-state index < -0.39 is 14.4 Å². The first-order chi connectivity index (χ1) is 8.51. The molecule has 4 heteroatoms. The van der Waals surface area contributed by atoms with E-state index in [9.17, 15) is 0 Å². The predicted octanol–water partition coefficient (Wildman–Crippen LogP) is 2.22. The number of rotatable bonds is 11. The molecule has 0 aliphatic rings. The molecule has 0 bridgehead atoms. The summed E-state index contributed by atoms with van der Waals surface area (Å²) in [7, 11) is 8.72. The van der Waals surface area contributed by atoms with Crippen molar-refractivity contribution in [2.45, 2.75) is 37.3 Å². The van der Waals surface area contributed by atoms with Crippen LogP contribution in [0.5, 0.6) is 0 Å². The van der Waals surface area contributed by atoms with Crippen LogP contribution in [0.1, 0.15) is 26.7 Å². The minimum atomic E-state index is -0.687. The fraction of sp³-hybridized carbons (Fsp3) is 1.00. The van der Waals surface area contributed by atoms with E-state index in [-0.39, 0.29) is 0 Å². The van der Waals surface area contributed by atoms with Crippen LogP contribution in [-0.2, 0) is 0 Å². The highest BCUT2D eigenvalue weighted by molar-refractivity contribution is 6.55. The largest absolute Gasteiger partial charge is 0.382 e. The molecule has 0 aliphatic carbocycles. The van der Waals surface area contributed by atoms with E-state index >= 15 is 0 Å². The van der Waals surface area contributed by atoms with Crippen molar-refractivity contribution in [2.24, 2.45) is 0 Å². The van der Waals surface area contributed by atoms with Crippen LogP contribution < -0.4 is 0 Å². The molecule has 0 unspecified atom stereocenters. The molecule has 0 amide bonds. The van der Waals surface area contributed by atoms with Crippen LogP contribution in [0.3, 0.4) is 0 Å². The molecule has 0 aliphatic heterocycles. The minimum absolute atomic E-state index is 0.687. The molecule has 0 saturated heterocycles. The van der Waals surface area contributed by atoms with Crippen LogP contribution in [0.2, 0.25) is 10.6 Å². The Bertz CT molecular complexity index is 168. The van der Waals surface area contributed by atoms with Crippen molar-refractivity contribution in [1.29, 1.82) is 0 Å². The van der Waals surface area contributed by atoms with Crippen molar-refractivity contribution in [3.05, 3.63) is 0 Å². The molecule has 0 aromatic carbocycles. The zero-order valence-electron chi connectivity index (χ0n) is 13.6. The molecule has 0 aromatic rings. The van der Waals surface area contributed by atoms with Crippen molar-refractivity contribution in [2.75, 3.05) is 54.4 Å². The average molecular weight is 271 g/mol. The topological polar surface area (TPSA) is 9.72 Å². The highest BCUT2D eigenvalue weighted by Crippen LogP contribution is 2.11. The molecule has 108 valence electrons. The van der Waals surface area contributed by atoms with Gasteiger partial charge in [-0.15, -0.1) is 0 Å². The summed E-state index contributed by atoms with van der Waals surface area (Å²) in [4.78, 5) is 4.62. The number of likely N-dealkylation sites (N-methyl/N-ethyl adjacent to an activating group) is 2. The maximum atomic E-state index is 2.84. The first kappa shape index (κ1) is 18.4. The van der Waals surface area contributed by atoms with Gasteiger partial charge in [0.1, 0.15) is 0 Å². The van der Waals surface area contributed by atoms with Gasteiger partial charge in [0.05, 0.1) is 0 Å². The molecule has 0 heterocycles. The summed E-state index contributed by atoms with van der Waals surface area (Å²) >= 11 is -0.687. The maximum Gasteiger partial charge on any atom is 0.372 e. The lowest BCUT2D eigenvalue weighted by molar-refractivity contribution is 0.300. The Balaban J connectivity index is 4.36. The van der Waals surface area contributed by atoms with Gasteiger partial charge in [0, 0.05) is 13.1 Å². The van der Waals surface area contributed by atoms with Gasteiger partial charge in [-0.2, -0.15) is 0 Å². The number of nitrogens with zero attached hydrogens (tertiary/aromatic N) is 3. The van der Waals surface area contributed by atoms with E-state index in [4.69, 9.17) is 0 Å². The van der Waals surface area contributed by atoms with E-state index in [0.29, 0.717) is 0 Å². The lowest BCUT2D eigenvalue weighted by atomic mass is 10.5. The Kier molecular flexibility index (Phi) is 11.5. The fourth-order valence-electron chi connectivity index (χ4n) is 2.31. The molecule has 0 atom stereocenters. The molecule has 0 aromatic heterocycles. The standard InChI is InChI=1S/C8H20N3.2C3H7.Al/c1-10(2)7-5-9-6-8-11(3)4;2*1-3-2;/h5-8H2,1-4H3;2*1,3H2,2H3;/q-1;;;+1. The fourth-order valence-corrected chi connectivity index (χ4v) is 5.62. The third-order valence-electron chi connectivity index (χ3n) is 3.43. The SMILES string of the molecule is CC[CH2][Al]([CH2]CC)[N](CCN(C)C)CCN(C)C. The molecule has 0 N–H and O–H groups in total. The summed E-state index contributed by atoms with van der Waals surface area (Å²) < 4.78 is 2.84. The van der Waals surface area contributed by atoms with Crippen LogP contribution in [0.25, 0.3) is 0 Å². The van der Waals surface area contributed by atoms with Gasteiger partial charge in [-0.05, 0) is 41.3 Å². The molecular formula is C14H34AlN3. The highest BCUT2D eigenvalue weighted by atomic mass is 27.2. The Labute approximate surface area is 120 Å². The van der Waals surface area contributed by atoms with Gasteiger partial charge in [-0.25, -0.2) is 0 Å². The normalized spacial score (nSPS) is 11.8. The van der Waals surface area contributed by atoms with Crippen LogP contribution in [0, 0.1) is 0 Å². The third kappa shape index (κ3) is 9.36. The van der Waals surface area contributed by atoms with Crippen LogP contribution >= 0.6 is 0 Å². The van der Waals surface area contributed by atoms with Gasteiger partial charge < -0.3 is 13.7 Å². The van der Waals surface area contributed by atoms with Crippen molar-refractivity contribution in [1.82, 2.24) is 13.7 Å². The third-order valence-corrected chi connectivity index (χ3v) is 7.47. The van der Waals surface area contributed by atoms with Crippen LogP contribution in [-0.4, -0.2) is 82.4 Å². The Morgan fingerprint density at radius 3 is 1.33 bits per heavy atom. The number of hydrogen-bond donors (Lipinski definition) is 0. The quantitative estimate of drug-likeness (QED) is 0.534. The van der Waals surface area contributed by atoms with E-state index in [1.165, 1.54) is 49.6 Å². The van der Waals surface area contributed by atoms with E-state index in [1.54, 1.807) is 0 Å². The van der Waals surface area contributed by atoms with Crippen molar-refractivity contribution in [3.8, 4) is 0 Å². The first-order valence-electron chi connectivity index (χ1n) is 7.54. The minimum Gasteiger partial charge on any atom is -0.382 e. The second kappa shape index (κ2) is 11.3. The monoisotopic (exact) mass is 271 g/mol. The second-order valence-electron chi connectivity index (χ2n) is 5.87. The van der Waals surface area contributed by atoms with E-state index in [2.05, 4.69) is 55.7 Å². The van der Waals surface area contributed by atoms with Gasteiger partial charge >= 0.3 is 14.4 Å². The molecule has 0 fully saturated rings. The molecular weight excluding hydrogens is 237 g/mol. The van der Waals surface area contributed by atoms with Crippen LogP contribution in [0.15, 0.2) is 0 Å². The van der Waals surface area contributed by atoms with Gasteiger partial charge in [0.2, 0.25) is 0 Å². The van der Waals surface area contributed by atoms with Gasteiger partial charge in [0.15, 0.2) is 0 Å². The highest BCUT2D eigenvalue weighted by Gasteiger charge is 2.24. The summed E-state index contributed by atoms with van der Waals surface area (Å²) in [5.74, 6) is 0. The summed E-state index contributed by atoms with van der Waals surface area (Å²) in [6.07, 6.45) is 2.72. The first-order valence-corrected chi connectivity index (χ1v) is 9.69. The molecule has 3 nitrogen and oxygen atoms in total. The van der Waals surface area contributed by atoms with Crippen LogP contribution in [0.4, 0.5) is 0 Å². The van der Waals surface area contributed by atoms with E-state index in [1.807, 2.05) is 0 Å². The summed E-state index contributed by atoms with van der Waals surface area (Å²) in [5.41, 5.74) is 0. The molecule has 0 spiro atoms. The van der Waals surface area contributed by atoms with E-state index in [0.717, 1.165) is 0 Å². The van der Waals surface area contributed by atoms with Crippen molar-refractivity contribution >= 4 is 14.4 Å². The Morgan fingerprint density at radius 1 is 0.667 bits per heavy atom. The number of hydrogen-bond acceptors (Lipinski definition) is 3. The van der Waals surface area contributed by atoms with Crippen molar-refractivity contribution < 1.29 is 0 Å². The smallest absolute Gasteiger partial charge is 0.372 e. The van der Waals surface area contributed by atoms with Gasteiger partial charge in [0.25, 0.3) is 0 Å². The summed E-state index contributed by atoms with van der Waals surface area (Å²) in [6.45, 7) is 9.60. The predicted molar refractivity (Wildman–Crippen MR) is 84.6 cm³/mol. The maximum absolute atomic E-state index is 2.84. The zero-order chi connectivity index (χ0) is 14.0. The lowest BCUT2D eigenvalue weighted by Gasteiger charge is -2.31. The molecule has 0 rings (SSSR count). The Morgan fingerprint density at radius 2 is 1.06 bits per heavy atom. The average Bonchev–Trinajstić information content (AvgIpc) is 2.28. The summed E-state index contributed by atoms with van der Waals surface area (Å²) in [5, 5.41) is 2.96. The van der Waals surface area contributed by atoms with Gasteiger partial charge in [-0.1, -0.05) is 37.3 Å².